The maximum Gasteiger partial charge on any atom is 0.123 e. The second-order valence-corrected chi connectivity index (χ2v) is 5.93. The van der Waals surface area contributed by atoms with Crippen molar-refractivity contribution < 1.29 is 4.74 Å². The van der Waals surface area contributed by atoms with Crippen molar-refractivity contribution in [1.29, 1.82) is 0 Å². The monoisotopic (exact) mass is 265 g/mol. The van der Waals surface area contributed by atoms with E-state index in [0.29, 0.717) is 6.04 Å². The van der Waals surface area contributed by atoms with Crippen molar-refractivity contribution in [3.63, 3.8) is 0 Å². The number of methoxy groups -OCH3 is 1. The van der Waals surface area contributed by atoms with E-state index in [0.717, 1.165) is 28.5 Å². The molecule has 1 N–H and O–H groups in total. The van der Waals surface area contributed by atoms with Crippen molar-refractivity contribution in [1.82, 2.24) is 5.32 Å². The Balaban J connectivity index is 1.89. The minimum atomic E-state index is 0.383. The predicted molar refractivity (Wildman–Crippen MR) is 74.1 cm³/mol. The zero-order chi connectivity index (χ0) is 12.7. The molecule has 3 heteroatoms. The van der Waals surface area contributed by atoms with Crippen LogP contribution in [0, 0.1) is 17.8 Å². The quantitative estimate of drug-likeness (QED) is 0.897. The Bertz CT molecular complexity index is 438. The largest absolute Gasteiger partial charge is 0.496 e. The molecule has 1 aromatic carbocycles. The van der Waals surface area contributed by atoms with Gasteiger partial charge in [0.05, 0.1) is 7.11 Å². The Morgan fingerprint density at radius 1 is 1.33 bits per heavy atom. The number of fused-ring (bicyclic) bond motifs is 1. The Morgan fingerprint density at radius 3 is 2.67 bits per heavy atom. The Morgan fingerprint density at radius 2 is 2.06 bits per heavy atom. The standard InChI is InChI=1S/C15H20ClNO/c1-17-15(14-10-4-3-5-11(10)14)12-8-9(16)6-7-13(12)18-2/h6-8,10-11,14-15,17H,3-5H2,1-2H3. The number of benzene rings is 1. The number of hydrogen-bond donors (Lipinski definition) is 1. The third kappa shape index (κ3) is 1.92. The lowest BCUT2D eigenvalue weighted by molar-refractivity contribution is 0.384. The molecule has 0 aliphatic heterocycles. The molecular weight excluding hydrogens is 246 g/mol. The van der Waals surface area contributed by atoms with E-state index in [1.807, 2.05) is 19.2 Å². The maximum absolute atomic E-state index is 6.14. The number of rotatable bonds is 4. The normalized spacial score (nSPS) is 30.9. The molecule has 2 aliphatic rings. The van der Waals surface area contributed by atoms with Gasteiger partial charge in [-0.15, -0.1) is 0 Å². The smallest absolute Gasteiger partial charge is 0.123 e. The van der Waals surface area contributed by atoms with E-state index in [2.05, 4.69) is 11.4 Å². The summed E-state index contributed by atoms with van der Waals surface area (Å²) in [7, 11) is 3.77. The Kier molecular flexibility index (Phi) is 3.25. The van der Waals surface area contributed by atoms with Gasteiger partial charge in [0.1, 0.15) is 5.75 Å². The molecule has 0 amide bonds. The lowest BCUT2D eigenvalue weighted by atomic mass is 9.96. The average Bonchev–Trinajstić information content (AvgIpc) is 2.85. The zero-order valence-corrected chi connectivity index (χ0v) is 11.7. The van der Waals surface area contributed by atoms with Crippen molar-refractivity contribution >= 4 is 11.6 Å². The molecule has 0 aromatic heterocycles. The zero-order valence-electron chi connectivity index (χ0n) is 10.9. The summed E-state index contributed by atoms with van der Waals surface area (Å²) in [5.74, 6) is 3.57. The maximum atomic E-state index is 6.14. The molecule has 0 heterocycles. The molecule has 1 aromatic rings. The summed E-state index contributed by atoms with van der Waals surface area (Å²) in [4.78, 5) is 0. The first-order valence-electron chi connectivity index (χ1n) is 6.77. The summed E-state index contributed by atoms with van der Waals surface area (Å²) in [6.45, 7) is 0. The van der Waals surface area contributed by atoms with E-state index in [9.17, 15) is 0 Å². The highest BCUT2D eigenvalue weighted by molar-refractivity contribution is 6.30. The van der Waals surface area contributed by atoms with E-state index in [1.54, 1.807) is 7.11 Å². The molecule has 0 bridgehead atoms. The molecule has 3 rings (SSSR count). The molecule has 0 radical (unpaired) electrons. The van der Waals surface area contributed by atoms with E-state index < -0.39 is 0 Å². The van der Waals surface area contributed by atoms with Crippen LogP contribution < -0.4 is 10.1 Å². The van der Waals surface area contributed by atoms with Crippen LogP contribution in [0.2, 0.25) is 5.02 Å². The fourth-order valence-electron chi connectivity index (χ4n) is 3.87. The number of halogens is 1. The highest BCUT2D eigenvalue weighted by atomic mass is 35.5. The van der Waals surface area contributed by atoms with Gasteiger partial charge in [0.15, 0.2) is 0 Å². The van der Waals surface area contributed by atoms with E-state index in [-0.39, 0.29) is 0 Å². The first kappa shape index (κ1) is 12.3. The van der Waals surface area contributed by atoms with Gasteiger partial charge < -0.3 is 10.1 Å². The molecule has 0 spiro atoms. The molecule has 3 unspecified atom stereocenters. The topological polar surface area (TPSA) is 21.3 Å². The van der Waals surface area contributed by atoms with E-state index >= 15 is 0 Å². The summed E-state index contributed by atoms with van der Waals surface area (Å²) >= 11 is 6.14. The van der Waals surface area contributed by atoms with Gasteiger partial charge >= 0.3 is 0 Å². The Labute approximate surface area is 114 Å². The molecule has 3 atom stereocenters. The first-order valence-corrected chi connectivity index (χ1v) is 7.14. The van der Waals surface area contributed by atoms with Crippen molar-refractivity contribution in [2.75, 3.05) is 14.2 Å². The first-order chi connectivity index (χ1) is 8.76. The SMILES string of the molecule is CNC(c1cc(Cl)ccc1OC)C1C2CCCC21. The fraction of sp³-hybridized carbons (Fsp3) is 0.600. The summed E-state index contributed by atoms with van der Waals surface area (Å²) in [6.07, 6.45) is 4.21. The van der Waals surface area contributed by atoms with Gasteiger partial charge in [-0.05, 0) is 55.8 Å². The highest BCUT2D eigenvalue weighted by Gasteiger charge is 2.56. The van der Waals surface area contributed by atoms with Crippen LogP contribution in [0.4, 0.5) is 0 Å². The lowest BCUT2D eigenvalue weighted by Crippen LogP contribution is -2.21. The third-order valence-electron chi connectivity index (χ3n) is 4.70. The molecule has 98 valence electrons. The predicted octanol–water partition coefficient (Wildman–Crippen LogP) is 3.66. The molecule has 2 nitrogen and oxygen atoms in total. The Hall–Kier alpha value is -0.730. The summed E-state index contributed by atoms with van der Waals surface area (Å²) in [6, 6.07) is 6.30. The van der Waals surface area contributed by atoms with Crippen molar-refractivity contribution in [2.45, 2.75) is 25.3 Å². The molecule has 2 saturated carbocycles. The molecule has 0 saturated heterocycles. The van der Waals surface area contributed by atoms with Crippen LogP contribution in [0.5, 0.6) is 5.75 Å². The van der Waals surface area contributed by atoms with Crippen LogP contribution in [0.15, 0.2) is 18.2 Å². The minimum Gasteiger partial charge on any atom is -0.496 e. The second kappa shape index (κ2) is 4.75. The molecule has 18 heavy (non-hydrogen) atoms. The van der Waals surface area contributed by atoms with Crippen molar-refractivity contribution in [3.8, 4) is 5.75 Å². The molecule has 2 aliphatic carbocycles. The van der Waals surface area contributed by atoms with Crippen LogP contribution in [0.25, 0.3) is 0 Å². The van der Waals surface area contributed by atoms with Crippen LogP contribution in [0.3, 0.4) is 0 Å². The second-order valence-electron chi connectivity index (χ2n) is 5.49. The van der Waals surface area contributed by atoms with Gasteiger partial charge in [-0.3, -0.25) is 0 Å². The van der Waals surface area contributed by atoms with Crippen LogP contribution >= 0.6 is 11.6 Å². The van der Waals surface area contributed by atoms with Gasteiger partial charge in [-0.2, -0.15) is 0 Å². The summed E-state index contributed by atoms with van der Waals surface area (Å²) in [5.41, 5.74) is 1.21. The van der Waals surface area contributed by atoms with Crippen molar-refractivity contribution in [2.24, 2.45) is 17.8 Å². The van der Waals surface area contributed by atoms with Gasteiger partial charge in [-0.1, -0.05) is 18.0 Å². The minimum absolute atomic E-state index is 0.383. The van der Waals surface area contributed by atoms with Gasteiger partial charge in [-0.25, -0.2) is 0 Å². The number of hydrogen-bond acceptors (Lipinski definition) is 2. The number of nitrogens with one attached hydrogen (secondary N) is 1. The highest BCUT2D eigenvalue weighted by Crippen LogP contribution is 2.62. The van der Waals surface area contributed by atoms with Crippen molar-refractivity contribution in [3.05, 3.63) is 28.8 Å². The third-order valence-corrected chi connectivity index (χ3v) is 4.93. The summed E-state index contributed by atoms with van der Waals surface area (Å²) < 4.78 is 5.48. The molecule has 2 fully saturated rings. The summed E-state index contributed by atoms with van der Waals surface area (Å²) in [5, 5.41) is 4.26. The van der Waals surface area contributed by atoms with E-state index in [1.165, 1.54) is 24.8 Å². The average molecular weight is 266 g/mol. The van der Waals surface area contributed by atoms with E-state index in [4.69, 9.17) is 16.3 Å². The van der Waals surface area contributed by atoms with Gasteiger partial charge in [0, 0.05) is 16.6 Å². The van der Waals surface area contributed by atoms with Crippen LogP contribution in [0.1, 0.15) is 30.9 Å². The van der Waals surface area contributed by atoms with Gasteiger partial charge in [0.2, 0.25) is 0 Å². The number of ether oxygens (including phenoxy) is 1. The lowest BCUT2D eigenvalue weighted by Gasteiger charge is -2.21. The fourth-order valence-corrected chi connectivity index (χ4v) is 4.06. The molecular formula is C15H20ClNO. The van der Waals surface area contributed by atoms with Crippen LogP contribution in [-0.4, -0.2) is 14.2 Å². The van der Waals surface area contributed by atoms with Crippen LogP contribution in [-0.2, 0) is 0 Å². The van der Waals surface area contributed by atoms with Gasteiger partial charge in [0.25, 0.3) is 0 Å².